The number of hydrogen-bond acceptors (Lipinski definition) is 4. The zero-order valence-corrected chi connectivity index (χ0v) is 16.0. The van der Waals surface area contributed by atoms with E-state index in [1.54, 1.807) is 17.0 Å². The molecule has 4 rings (SSSR count). The Morgan fingerprint density at radius 1 is 1.21 bits per heavy atom. The highest BCUT2D eigenvalue weighted by Crippen LogP contribution is 2.36. The lowest BCUT2D eigenvalue weighted by Crippen LogP contribution is -2.25. The average Bonchev–Trinajstić information content (AvgIpc) is 3.30. The Labute approximate surface area is 169 Å². The summed E-state index contributed by atoms with van der Waals surface area (Å²) in [6.45, 7) is 2.15. The molecule has 0 saturated carbocycles. The fourth-order valence-electron chi connectivity index (χ4n) is 3.35. The van der Waals surface area contributed by atoms with Crippen LogP contribution >= 0.6 is 11.6 Å². The Morgan fingerprint density at radius 2 is 1.97 bits per heavy atom. The zero-order chi connectivity index (χ0) is 20.8. The molecule has 29 heavy (non-hydrogen) atoms. The van der Waals surface area contributed by atoms with Gasteiger partial charge in [0.15, 0.2) is 0 Å². The highest BCUT2D eigenvalue weighted by atomic mass is 35.5. The van der Waals surface area contributed by atoms with Crippen molar-refractivity contribution in [3.05, 3.63) is 64.5 Å². The number of carbonyl (C=O) groups excluding carboxylic acids is 1. The topological polar surface area (TPSA) is 59.2 Å². The van der Waals surface area contributed by atoms with Gasteiger partial charge in [-0.25, -0.2) is 0 Å². The van der Waals surface area contributed by atoms with Crippen LogP contribution < -0.4 is 4.90 Å². The lowest BCUT2D eigenvalue weighted by molar-refractivity contribution is -0.137. The summed E-state index contributed by atoms with van der Waals surface area (Å²) >= 11 is 6.15. The van der Waals surface area contributed by atoms with Crippen LogP contribution in [0.2, 0.25) is 5.02 Å². The van der Waals surface area contributed by atoms with Crippen molar-refractivity contribution in [2.45, 2.75) is 25.4 Å². The summed E-state index contributed by atoms with van der Waals surface area (Å²) in [5, 5.41) is 4.36. The number of benzene rings is 2. The van der Waals surface area contributed by atoms with Crippen LogP contribution in [0, 0.1) is 6.92 Å². The largest absolute Gasteiger partial charge is 0.416 e. The molecule has 5 nitrogen and oxygen atoms in total. The number of halogens is 4. The maximum Gasteiger partial charge on any atom is 0.416 e. The van der Waals surface area contributed by atoms with Crippen molar-refractivity contribution in [1.29, 1.82) is 0 Å². The zero-order valence-electron chi connectivity index (χ0n) is 15.2. The molecule has 1 aromatic heterocycles. The minimum absolute atomic E-state index is 0.0518. The van der Waals surface area contributed by atoms with Crippen LogP contribution in [0.15, 0.2) is 47.0 Å². The maximum absolute atomic E-state index is 12.9. The average molecular weight is 422 g/mol. The molecule has 2 aromatic carbocycles. The first kappa shape index (κ1) is 19.4. The number of rotatable bonds is 3. The van der Waals surface area contributed by atoms with E-state index in [0.717, 1.165) is 17.7 Å². The fraction of sp³-hybridized carbons (Fsp3) is 0.250. The fourth-order valence-corrected chi connectivity index (χ4v) is 3.52. The Balaban J connectivity index is 1.58. The second-order valence-electron chi connectivity index (χ2n) is 6.82. The number of amides is 1. The van der Waals surface area contributed by atoms with Crippen molar-refractivity contribution in [2.24, 2.45) is 0 Å². The molecule has 2 heterocycles. The van der Waals surface area contributed by atoms with Gasteiger partial charge in [-0.15, -0.1) is 0 Å². The normalized spacial score (nSPS) is 17.2. The molecule has 1 atom stereocenters. The monoisotopic (exact) mass is 421 g/mol. The third-order valence-corrected chi connectivity index (χ3v) is 5.30. The van der Waals surface area contributed by atoms with E-state index in [9.17, 15) is 18.0 Å². The molecule has 9 heteroatoms. The lowest BCUT2D eigenvalue weighted by atomic mass is 10.1. The smallest absolute Gasteiger partial charge is 0.339 e. The molecule has 0 N–H and O–H groups in total. The van der Waals surface area contributed by atoms with Gasteiger partial charge in [0.2, 0.25) is 17.6 Å². The number of hydrogen-bond donors (Lipinski definition) is 0. The SMILES string of the molecule is Cc1c(Cl)cccc1N1CC(c2nc(-c3cccc(C(F)(F)F)c3)no2)CC1=O. The molecular weight excluding hydrogens is 407 g/mol. The number of carbonyl (C=O) groups is 1. The van der Waals surface area contributed by atoms with Crippen molar-refractivity contribution in [3.8, 4) is 11.4 Å². The predicted octanol–water partition coefficient (Wildman–Crippen LogP) is 5.24. The van der Waals surface area contributed by atoms with Crippen molar-refractivity contribution >= 4 is 23.2 Å². The van der Waals surface area contributed by atoms with Crippen molar-refractivity contribution in [1.82, 2.24) is 10.1 Å². The molecule has 1 unspecified atom stereocenters. The molecule has 1 saturated heterocycles. The quantitative estimate of drug-likeness (QED) is 0.580. The molecule has 150 valence electrons. The Morgan fingerprint density at radius 3 is 2.72 bits per heavy atom. The Hall–Kier alpha value is -2.87. The molecule has 0 aliphatic carbocycles. The van der Waals surface area contributed by atoms with Crippen molar-refractivity contribution < 1.29 is 22.5 Å². The van der Waals surface area contributed by atoms with E-state index in [0.29, 0.717) is 17.3 Å². The van der Waals surface area contributed by atoms with E-state index in [1.165, 1.54) is 12.1 Å². The van der Waals surface area contributed by atoms with E-state index in [4.69, 9.17) is 16.1 Å². The number of alkyl halides is 3. The van der Waals surface area contributed by atoms with E-state index in [1.807, 2.05) is 13.0 Å². The van der Waals surface area contributed by atoms with Crippen molar-refractivity contribution in [3.63, 3.8) is 0 Å². The summed E-state index contributed by atoms with van der Waals surface area (Å²) in [6.07, 6.45) is -4.30. The summed E-state index contributed by atoms with van der Waals surface area (Å²) < 4.78 is 44.0. The molecule has 0 radical (unpaired) electrons. The number of nitrogens with zero attached hydrogens (tertiary/aromatic N) is 3. The van der Waals surface area contributed by atoms with Crippen LogP contribution in [0.5, 0.6) is 0 Å². The van der Waals surface area contributed by atoms with Gasteiger partial charge in [0.25, 0.3) is 0 Å². The summed E-state index contributed by atoms with van der Waals surface area (Å²) in [6, 6.07) is 10.0. The third kappa shape index (κ3) is 3.72. The molecule has 1 aliphatic heterocycles. The van der Waals surface area contributed by atoms with E-state index >= 15 is 0 Å². The van der Waals surface area contributed by atoms with E-state index in [2.05, 4.69) is 10.1 Å². The highest BCUT2D eigenvalue weighted by molar-refractivity contribution is 6.31. The summed E-state index contributed by atoms with van der Waals surface area (Å²) in [5.74, 6) is -0.198. The van der Waals surface area contributed by atoms with Crippen LogP contribution in [0.25, 0.3) is 11.4 Å². The molecule has 1 fully saturated rings. The second-order valence-corrected chi connectivity index (χ2v) is 7.23. The summed E-state index contributed by atoms with van der Waals surface area (Å²) in [5.41, 5.74) is 0.905. The van der Waals surface area contributed by atoms with Crippen molar-refractivity contribution in [2.75, 3.05) is 11.4 Å². The van der Waals surface area contributed by atoms with Gasteiger partial charge in [0.1, 0.15) is 0 Å². The van der Waals surface area contributed by atoms with Gasteiger partial charge in [0.05, 0.1) is 11.5 Å². The Bertz CT molecular complexity index is 1080. The highest BCUT2D eigenvalue weighted by Gasteiger charge is 2.36. The van der Waals surface area contributed by atoms with Gasteiger partial charge >= 0.3 is 6.18 Å². The van der Waals surface area contributed by atoms with Crippen LogP contribution in [-0.4, -0.2) is 22.6 Å². The Kier molecular flexibility index (Phi) is 4.82. The second kappa shape index (κ2) is 7.18. The van der Waals surface area contributed by atoms with Crippen LogP contribution in [0.3, 0.4) is 0 Å². The van der Waals surface area contributed by atoms with Gasteiger partial charge in [-0.2, -0.15) is 18.2 Å². The molecule has 1 amide bonds. The molecule has 0 spiro atoms. The van der Waals surface area contributed by atoms with Gasteiger partial charge in [-0.1, -0.05) is 35.0 Å². The van der Waals surface area contributed by atoms with Gasteiger partial charge in [-0.3, -0.25) is 4.79 Å². The van der Waals surface area contributed by atoms with Gasteiger partial charge < -0.3 is 9.42 Å². The molecule has 1 aliphatic rings. The maximum atomic E-state index is 12.9. The molecule has 3 aromatic rings. The number of anilines is 1. The minimum atomic E-state index is -4.46. The van der Waals surface area contributed by atoms with Gasteiger partial charge in [0, 0.05) is 29.2 Å². The summed E-state index contributed by atoms with van der Waals surface area (Å²) in [7, 11) is 0. The van der Waals surface area contributed by atoms with E-state index in [-0.39, 0.29) is 35.5 Å². The first-order chi connectivity index (χ1) is 13.7. The first-order valence-corrected chi connectivity index (χ1v) is 9.18. The molecular formula is C20H15ClF3N3O2. The lowest BCUT2D eigenvalue weighted by Gasteiger charge is -2.19. The number of aromatic nitrogens is 2. The minimum Gasteiger partial charge on any atom is -0.339 e. The molecule has 0 bridgehead atoms. The predicted molar refractivity (Wildman–Crippen MR) is 101 cm³/mol. The van der Waals surface area contributed by atoms with Crippen LogP contribution in [-0.2, 0) is 11.0 Å². The standard InChI is InChI=1S/C20H15ClF3N3O2/c1-11-15(21)6-3-7-16(11)27-10-13(9-17(27)28)19-25-18(26-29-19)12-4-2-5-14(8-12)20(22,23)24/h2-8,13H,9-10H2,1H3. The summed E-state index contributed by atoms with van der Waals surface area (Å²) in [4.78, 5) is 18.4. The van der Waals surface area contributed by atoms with Gasteiger partial charge in [-0.05, 0) is 36.8 Å². The van der Waals surface area contributed by atoms with Crippen LogP contribution in [0.4, 0.5) is 18.9 Å². The van der Waals surface area contributed by atoms with E-state index < -0.39 is 11.7 Å². The van der Waals surface area contributed by atoms with Crippen LogP contribution in [0.1, 0.15) is 29.4 Å². The third-order valence-electron chi connectivity index (χ3n) is 4.89. The first-order valence-electron chi connectivity index (χ1n) is 8.81.